The van der Waals surface area contributed by atoms with E-state index in [1.54, 1.807) is 39.0 Å². The van der Waals surface area contributed by atoms with E-state index in [1.807, 2.05) is 6.07 Å². The second kappa shape index (κ2) is 7.96. The zero-order valence-corrected chi connectivity index (χ0v) is 16.2. The van der Waals surface area contributed by atoms with Crippen LogP contribution in [-0.4, -0.2) is 44.1 Å². The molecule has 0 radical (unpaired) electrons. The third kappa shape index (κ3) is 3.51. The number of nitriles is 1. The van der Waals surface area contributed by atoms with Crippen LogP contribution >= 0.6 is 0 Å². The lowest BCUT2D eigenvalue weighted by atomic mass is 9.93. The van der Waals surface area contributed by atoms with Crippen molar-refractivity contribution in [2.45, 2.75) is 26.8 Å². The van der Waals surface area contributed by atoms with E-state index in [9.17, 15) is 14.9 Å². The molecule has 7 nitrogen and oxygen atoms in total. The van der Waals surface area contributed by atoms with Crippen LogP contribution in [0.4, 0.5) is 0 Å². The molecular weight excluding hydrogens is 348 g/mol. The number of rotatable bonds is 5. The number of nitrogens with zero attached hydrogens (tertiary/aromatic N) is 2. The molecule has 0 bridgehead atoms. The summed E-state index contributed by atoms with van der Waals surface area (Å²) in [7, 11) is 4.50. The molecule has 0 saturated carbocycles. The van der Waals surface area contributed by atoms with Crippen molar-refractivity contribution in [3.05, 3.63) is 34.4 Å². The molecular formula is C20H22N2O5. The Morgan fingerprint density at radius 2 is 1.59 bits per heavy atom. The lowest BCUT2D eigenvalue weighted by Crippen LogP contribution is -2.46. The SMILES string of the molecule is COc1cc(/C=C2/C(=O)N(C(C)C)C(=O)C(C#N)=C2C)cc(OC)c1OC. The van der Waals surface area contributed by atoms with Crippen molar-refractivity contribution in [1.29, 1.82) is 5.26 Å². The van der Waals surface area contributed by atoms with Gasteiger partial charge in [0, 0.05) is 11.6 Å². The van der Waals surface area contributed by atoms with E-state index in [0.717, 1.165) is 4.90 Å². The number of benzene rings is 1. The summed E-state index contributed by atoms with van der Waals surface area (Å²) in [5.41, 5.74) is 1.19. The molecule has 0 atom stereocenters. The van der Waals surface area contributed by atoms with Gasteiger partial charge in [0.05, 0.1) is 21.3 Å². The molecule has 0 aliphatic carbocycles. The average Bonchev–Trinajstić information content (AvgIpc) is 2.64. The molecule has 0 N–H and O–H groups in total. The number of hydrogen-bond donors (Lipinski definition) is 0. The number of carbonyl (C=O) groups is 2. The lowest BCUT2D eigenvalue weighted by molar-refractivity contribution is -0.142. The fourth-order valence-corrected chi connectivity index (χ4v) is 2.92. The van der Waals surface area contributed by atoms with Crippen LogP contribution in [-0.2, 0) is 9.59 Å². The number of ether oxygens (including phenoxy) is 3. The van der Waals surface area contributed by atoms with Gasteiger partial charge in [0.15, 0.2) is 11.5 Å². The highest BCUT2D eigenvalue weighted by Gasteiger charge is 2.36. The average molecular weight is 370 g/mol. The normalized spacial score (nSPS) is 16.1. The van der Waals surface area contributed by atoms with Crippen molar-refractivity contribution in [3.63, 3.8) is 0 Å². The number of carbonyl (C=O) groups excluding carboxylic acids is 2. The molecule has 1 heterocycles. The van der Waals surface area contributed by atoms with Gasteiger partial charge < -0.3 is 14.2 Å². The molecule has 0 fully saturated rings. The van der Waals surface area contributed by atoms with Gasteiger partial charge in [-0.1, -0.05) is 0 Å². The van der Waals surface area contributed by atoms with Gasteiger partial charge in [-0.25, -0.2) is 0 Å². The molecule has 0 aromatic heterocycles. The van der Waals surface area contributed by atoms with Gasteiger partial charge >= 0.3 is 0 Å². The topological polar surface area (TPSA) is 88.9 Å². The maximum absolute atomic E-state index is 12.9. The second-order valence-corrected chi connectivity index (χ2v) is 6.20. The predicted octanol–water partition coefficient (Wildman–Crippen LogP) is 2.71. The fraction of sp³-hybridized carbons (Fsp3) is 0.350. The molecule has 7 heteroatoms. The van der Waals surface area contributed by atoms with Crippen LogP contribution in [0.5, 0.6) is 17.2 Å². The molecule has 1 aliphatic heterocycles. The van der Waals surface area contributed by atoms with Crippen LogP contribution in [0.15, 0.2) is 28.9 Å². The van der Waals surface area contributed by atoms with Crippen molar-refractivity contribution in [3.8, 4) is 23.3 Å². The summed E-state index contributed by atoms with van der Waals surface area (Å²) in [4.78, 5) is 26.4. The minimum absolute atomic E-state index is 0.0398. The number of imide groups is 1. The Balaban J connectivity index is 2.70. The maximum atomic E-state index is 12.9. The monoisotopic (exact) mass is 370 g/mol. The highest BCUT2D eigenvalue weighted by atomic mass is 16.5. The molecule has 142 valence electrons. The summed E-state index contributed by atoms with van der Waals surface area (Å²) in [5, 5.41) is 9.38. The first-order valence-corrected chi connectivity index (χ1v) is 8.31. The van der Waals surface area contributed by atoms with E-state index in [-0.39, 0.29) is 17.2 Å². The van der Waals surface area contributed by atoms with E-state index < -0.39 is 11.8 Å². The van der Waals surface area contributed by atoms with Crippen molar-refractivity contribution < 1.29 is 23.8 Å². The first-order valence-electron chi connectivity index (χ1n) is 8.31. The zero-order valence-electron chi connectivity index (χ0n) is 16.2. The first kappa shape index (κ1) is 20.0. The van der Waals surface area contributed by atoms with E-state index >= 15 is 0 Å². The molecule has 0 saturated heterocycles. The maximum Gasteiger partial charge on any atom is 0.271 e. The largest absolute Gasteiger partial charge is 0.493 e. The van der Waals surface area contributed by atoms with Crippen LogP contribution in [0.1, 0.15) is 26.3 Å². The molecule has 0 spiro atoms. The lowest BCUT2D eigenvalue weighted by Gasteiger charge is -2.30. The van der Waals surface area contributed by atoms with Gasteiger partial charge in [-0.05, 0) is 50.1 Å². The smallest absolute Gasteiger partial charge is 0.271 e. The highest BCUT2D eigenvalue weighted by Crippen LogP contribution is 2.39. The minimum Gasteiger partial charge on any atom is -0.493 e. The Labute approximate surface area is 158 Å². The van der Waals surface area contributed by atoms with E-state index in [4.69, 9.17) is 14.2 Å². The van der Waals surface area contributed by atoms with Crippen molar-refractivity contribution in [1.82, 2.24) is 4.90 Å². The minimum atomic E-state index is -0.572. The summed E-state index contributed by atoms with van der Waals surface area (Å²) < 4.78 is 16.0. The van der Waals surface area contributed by atoms with Crippen LogP contribution in [0.25, 0.3) is 6.08 Å². The third-order valence-electron chi connectivity index (χ3n) is 4.29. The first-order chi connectivity index (χ1) is 12.8. The predicted molar refractivity (Wildman–Crippen MR) is 99.4 cm³/mol. The second-order valence-electron chi connectivity index (χ2n) is 6.20. The summed E-state index contributed by atoms with van der Waals surface area (Å²) in [6.45, 7) is 5.04. The van der Waals surface area contributed by atoms with E-state index in [1.165, 1.54) is 21.3 Å². The van der Waals surface area contributed by atoms with Crippen LogP contribution in [0, 0.1) is 11.3 Å². The molecule has 0 unspecified atom stereocenters. The molecule has 2 rings (SSSR count). The Morgan fingerprint density at radius 3 is 2.00 bits per heavy atom. The highest BCUT2D eigenvalue weighted by molar-refractivity contribution is 6.19. The van der Waals surface area contributed by atoms with Gasteiger partial charge in [-0.2, -0.15) is 5.26 Å². The molecule has 27 heavy (non-hydrogen) atoms. The van der Waals surface area contributed by atoms with Gasteiger partial charge in [-0.15, -0.1) is 0 Å². The molecule has 1 aromatic rings. The van der Waals surface area contributed by atoms with Gasteiger partial charge in [0.1, 0.15) is 11.6 Å². The third-order valence-corrected chi connectivity index (χ3v) is 4.29. The van der Waals surface area contributed by atoms with Crippen molar-refractivity contribution in [2.24, 2.45) is 0 Å². The van der Waals surface area contributed by atoms with Crippen LogP contribution in [0.2, 0.25) is 0 Å². The number of methoxy groups -OCH3 is 3. The van der Waals surface area contributed by atoms with Crippen molar-refractivity contribution in [2.75, 3.05) is 21.3 Å². The number of hydrogen-bond acceptors (Lipinski definition) is 6. The van der Waals surface area contributed by atoms with E-state index in [0.29, 0.717) is 28.4 Å². The van der Waals surface area contributed by atoms with Crippen LogP contribution in [0.3, 0.4) is 0 Å². The quantitative estimate of drug-likeness (QED) is 0.585. The Morgan fingerprint density at radius 1 is 1.04 bits per heavy atom. The molecule has 1 aromatic carbocycles. The Kier molecular flexibility index (Phi) is 5.91. The summed E-state index contributed by atoms with van der Waals surface area (Å²) in [6, 6.07) is 4.93. The number of amides is 2. The van der Waals surface area contributed by atoms with Gasteiger partial charge in [-0.3, -0.25) is 14.5 Å². The molecule has 1 aliphatic rings. The zero-order chi connectivity index (χ0) is 20.3. The Bertz CT molecular complexity index is 865. The van der Waals surface area contributed by atoms with Gasteiger partial charge in [0.2, 0.25) is 5.75 Å². The van der Waals surface area contributed by atoms with Crippen LogP contribution < -0.4 is 14.2 Å². The van der Waals surface area contributed by atoms with Gasteiger partial charge in [0.25, 0.3) is 11.8 Å². The standard InChI is InChI=1S/C20H22N2O5/c1-11(2)22-19(23)14(12(3)15(10-21)20(22)24)7-13-8-16(25-4)18(27-6)17(9-13)26-5/h7-9,11H,1-6H3/b14-7+. The van der Waals surface area contributed by atoms with E-state index in [2.05, 4.69) is 0 Å². The van der Waals surface area contributed by atoms with Crippen molar-refractivity contribution >= 4 is 17.9 Å². The summed E-state index contributed by atoms with van der Waals surface area (Å²) in [6.07, 6.45) is 1.61. The molecule has 2 amide bonds. The fourth-order valence-electron chi connectivity index (χ4n) is 2.92. The summed E-state index contributed by atoms with van der Waals surface area (Å²) in [5.74, 6) is 0.287. The summed E-state index contributed by atoms with van der Waals surface area (Å²) >= 11 is 0. The Hall–Kier alpha value is -3.27.